The van der Waals surface area contributed by atoms with Crippen molar-refractivity contribution in [2.75, 3.05) is 31.6 Å². The SMILES string of the molecule is COc1ccc(C2CCC(CN(C(=O)C3CCC(OC(=O)N4CCC(O)(C(C)C)CC4)CC3)c3cc(-c4coc(C5CC5)n4)ccn3)CC2)nc1C. The van der Waals surface area contributed by atoms with Crippen LogP contribution in [0.2, 0.25) is 0 Å². The van der Waals surface area contributed by atoms with Crippen LogP contribution in [0.15, 0.2) is 41.1 Å². The minimum atomic E-state index is -0.726. The summed E-state index contributed by atoms with van der Waals surface area (Å²) in [5.41, 5.74) is 2.97. The van der Waals surface area contributed by atoms with Gasteiger partial charge in [0.25, 0.3) is 0 Å². The van der Waals surface area contributed by atoms with E-state index in [9.17, 15) is 14.7 Å². The quantitative estimate of drug-likeness (QED) is 0.224. The Hall–Kier alpha value is -3.99. The number of aryl methyl sites for hydroxylation is 1. The number of amides is 2. The molecule has 4 aliphatic rings. The summed E-state index contributed by atoms with van der Waals surface area (Å²) in [6, 6.07) is 8.02. The van der Waals surface area contributed by atoms with Gasteiger partial charge in [-0.3, -0.25) is 14.7 Å². The van der Waals surface area contributed by atoms with Crippen LogP contribution >= 0.6 is 0 Å². The molecule has 1 saturated heterocycles. The lowest BCUT2D eigenvalue weighted by atomic mass is 9.79. The van der Waals surface area contributed by atoms with Crippen LogP contribution in [0.25, 0.3) is 11.3 Å². The number of hydrogen-bond donors (Lipinski definition) is 1. The van der Waals surface area contributed by atoms with Crippen LogP contribution < -0.4 is 9.64 Å². The van der Waals surface area contributed by atoms with Crippen LogP contribution in [0.1, 0.15) is 120 Å². The van der Waals surface area contributed by atoms with Crippen molar-refractivity contribution in [1.29, 1.82) is 0 Å². The average Bonchev–Trinajstić information content (AvgIpc) is 3.90. The highest BCUT2D eigenvalue weighted by molar-refractivity contribution is 5.94. The maximum absolute atomic E-state index is 14.5. The van der Waals surface area contributed by atoms with Gasteiger partial charge in [0.05, 0.1) is 18.4 Å². The van der Waals surface area contributed by atoms with Crippen molar-refractivity contribution in [1.82, 2.24) is 19.9 Å². The zero-order valence-corrected chi connectivity index (χ0v) is 31.3. The average molecular weight is 714 g/mol. The van der Waals surface area contributed by atoms with Gasteiger partial charge in [-0.1, -0.05) is 13.8 Å². The third-order valence-corrected chi connectivity index (χ3v) is 12.3. The first-order chi connectivity index (χ1) is 25.1. The molecular weight excluding hydrogens is 658 g/mol. The molecule has 1 aliphatic heterocycles. The molecule has 0 spiro atoms. The monoisotopic (exact) mass is 713 g/mol. The predicted octanol–water partition coefficient (Wildman–Crippen LogP) is 7.81. The second kappa shape index (κ2) is 15.5. The van der Waals surface area contributed by atoms with Gasteiger partial charge in [-0.2, -0.15) is 0 Å². The van der Waals surface area contributed by atoms with Crippen molar-refractivity contribution in [2.24, 2.45) is 17.8 Å². The summed E-state index contributed by atoms with van der Waals surface area (Å²) in [6.45, 7) is 7.64. The van der Waals surface area contributed by atoms with Crippen molar-refractivity contribution in [3.63, 3.8) is 0 Å². The van der Waals surface area contributed by atoms with Crippen molar-refractivity contribution < 1.29 is 28.6 Å². The van der Waals surface area contributed by atoms with E-state index in [4.69, 9.17) is 28.8 Å². The van der Waals surface area contributed by atoms with Gasteiger partial charge in [0, 0.05) is 54.8 Å². The highest BCUT2D eigenvalue weighted by atomic mass is 16.6. The summed E-state index contributed by atoms with van der Waals surface area (Å²) in [5, 5.41) is 10.8. The van der Waals surface area contributed by atoms with Crippen LogP contribution in [0, 0.1) is 24.7 Å². The summed E-state index contributed by atoms with van der Waals surface area (Å²) >= 11 is 0. The Morgan fingerprint density at radius 2 is 1.69 bits per heavy atom. The highest BCUT2D eigenvalue weighted by Gasteiger charge is 2.39. The molecule has 0 atom stereocenters. The van der Waals surface area contributed by atoms with Gasteiger partial charge in [-0.15, -0.1) is 0 Å². The van der Waals surface area contributed by atoms with Gasteiger partial charge in [0.15, 0.2) is 5.89 Å². The van der Waals surface area contributed by atoms with E-state index in [1.54, 1.807) is 24.5 Å². The Bertz CT molecular complexity index is 1700. The topological polar surface area (TPSA) is 131 Å². The van der Waals surface area contributed by atoms with Crippen LogP contribution in [0.5, 0.6) is 5.75 Å². The molecule has 52 heavy (non-hydrogen) atoms. The lowest BCUT2D eigenvalue weighted by molar-refractivity contribution is -0.124. The highest BCUT2D eigenvalue weighted by Crippen LogP contribution is 2.41. The molecule has 7 rings (SSSR count). The van der Waals surface area contributed by atoms with E-state index in [0.717, 1.165) is 72.8 Å². The van der Waals surface area contributed by atoms with E-state index in [1.165, 1.54) is 0 Å². The minimum absolute atomic E-state index is 0.0896. The number of pyridine rings is 2. The number of ether oxygens (including phenoxy) is 2. The van der Waals surface area contributed by atoms with E-state index < -0.39 is 5.60 Å². The third kappa shape index (κ3) is 8.14. The molecule has 0 bridgehead atoms. The van der Waals surface area contributed by atoms with E-state index in [1.807, 2.05) is 43.9 Å². The first kappa shape index (κ1) is 36.4. The third-order valence-electron chi connectivity index (χ3n) is 12.3. The number of methoxy groups -OCH3 is 1. The maximum Gasteiger partial charge on any atom is 0.410 e. The number of carbonyl (C=O) groups excluding carboxylic acids is 2. The second-order valence-corrected chi connectivity index (χ2v) is 16.0. The molecule has 4 fully saturated rings. The fraction of sp³-hybridized carbons (Fsp3) is 0.634. The standard InChI is InChI=1S/C41H55N5O6/c1-26(2)41(49)18-21-45(22-19-41)40(48)52-33-13-11-31(12-14-33)39(47)46(37-23-32(17-20-42-37)35-25-51-38(44-35)30-9-10-30)24-28-5-7-29(8-6-28)34-15-16-36(50-4)27(3)43-34/h15-17,20,23,25-26,28-31,33,49H,5-14,18-19,21-22,24H2,1-4H3. The molecule has 11 heteroatoms. The lowest BCUT2D eigenvalue weighted by Gasteiger charge is -2.41. The minimum Gasteiger partial charge on any atom is -0.495 e. The van der Waals surface area contributed by atoms with Crippen molar-refractivity contribution in [3.8, 4) is 17.0 Å². The van der Waals surface area contributed by atoms with Gasteiger partial charge in [0.1, 0.15) is 29.6 Å². The van der Waals surface area contributed by atoms with E-state index >= 15 is 0 Å². The zero-order chi connectivity index (χ0) is 36.4. The summed E-state index contributed by atoms with van der Waals surface area (Å²) < 4.78 is 17.2. The molecule has 280 valence electrons. The van der Waals surface area contributed by atoms with Crippen molar-refractivity contribution >= 4 is 17.8 Å². The van der Waals surface area contributed by atoms with Crippen LogP contribution in [0.3, 0.4) is 0 Å². The largest absolute Gasteiger partial charge is 0.495 e. The Morgan fingerprint density at radius 3 is 2.35 bits per heavy atom. The summed E-state index contributed by atoms with van der Waals surface area (Å²) in [4.78, 5) is 45.5. The van der Waals surface area contributed by atoms with E-state index in [-0.39, 0.29) is 29.9 Å². The van der Waals surface area contributed by atoms with Crippen molar-refractivity contribution in [2.45, 2.75) is 121 Å². The number of hydrogen-bond acceptors (Lipinski definition) is 9. The molecule has 3 aromatic rings. The van der Waals surface area contributed by atoms with Gasteiger partial charge in [-0.05, 0) is 120 Å². The van der Waals surface area contributed by atoms with E-state index in [0.29, 0.717) is 81.7 Å². The molecule has 4 heterocycles. The lowest BCUT2D eigenvalue weighted by Crippen LogP contribution is -2.50. The number of rotatable bonds is 10. The first-order valence-corrected chi connectivity index (χ1v) is 19.5. The van der Waals surface area contributed by atoms with Gasteiger partial charge >= 0.3 is 6.09 Å². The zero-order valence-electron chi connectivity index (χ0n) is 31.3. The van der Waals surface area contributed by atoms with Crippen LogP contribution in [-0.2, 0) is 9.53 Å². The maximum atomic E-state index is 14.5. The normalized spacial score (nSPS) is 24.8. The Labute approximate surface area is 307 Å². The fourth-order valence-electron chi connectivity index (χ4n) is 8.39. The molecule has 11 nitrogen and oxygen atoms in total. The molecule has 0 unspecified atom stereocenters. The summed E-state index contributed by atoms with van der Waals surface area (Å²) in [6.07, 6.45) is 13.0. The number of aromatic nitrogens is 3. The molecule has 2 amide bonds. The summed E-state index contributed by atoms with van der Waals surface area (Å²) in [7, 11) is 1.68. The molecular formula is C41H55N5O6. The Morgan fingerprint density at radius 1 is 0.981 bits per heavy atom. The molecule has 3 saturated carbocycles. The number of piperidine rings is 1. The van der Waals surface area contributed by atoms with Gasteiger partial charge in [0.2, 0.25) is 5.91 Å². The smallest absolute Gasteiger partial charge is 0.410 e. The van der Waals surface area contributed by atoms with Crippen LogP contribution in [-0.4, -0.2) is 75.4 Å². The number of aliphatic hydroxyl groups is 1. The Balaban J connectivity index is 1.01. The molecule has 3 aliphatic carbocycles. The number of likely N-dealkylation sites (tertiary alicyclic amines) is 1. The summed E-state index contributed by atoms with van der Waals surface area (Å²) in [5.74, 6) is 3.46. The molecule has 3 aromatic heterocycles. The first-order valence-electron chi connectivity index (χ1n) is 19.5. The predicted molar refractivity (Wildman–Crippen MR) is 197 cm³/mol. The molecule has 0 aromatic carbocycles. The molecule has 0 radical (unpaired) electrons. The number of carbonyl (C=O) groups is 2. The van der Waals surface area contributed by atoms with Gasteiger partial charge < -0.3 is 23.9 Å². The number of anilines is 1. The number of nitrogens with zero attached hydrogens (tertiary/aromatic N) is 5. The van der Waals surface area contributed by atoms with E-state index in [2.05, 4.69) is 6.07 Å². The fourth-order valence-corrected chi connectivity index (χ4v) is 8.39. The van der Waals surface area contributed by atoms with Crippen LogP contribution in [0.4, 0.5) is 10.6 Å². The molecule has 1 N–H and O–H groups in total. The van der Waals surface area contributed by atoms with Crippen molar-refractivity contribution in [3.05, 3.63) is 54.0 Å². The second-order valence-electron chi connectivity index (χ2n) is 16.0. The van der Waals surface area contributed by atoms with Gasteiger partial charge in [-0.25, -0.2) is 14.8 Å². The number of oxazole rings is 1. The Kier molecular flexibility index (Phi) is 10.9.